The van der Waals surface area contributed by atoms with Gasteiger partial charge in [-0.25, -0.2) is 0 Å². The van der Waals surface area contributed by atoms with E-state index >= 15 is 0 Å². The third kappa shape index (κ3) is 2.21. The summed E-state index contributed by atoms with van der Waals surface area (Å²) in [6, 6.07) is 7.12. The van der Waals surface area contributed by atoms with Crippen molar-refractivity contribution in [3.8, 4) is 0 Å². The van der Waals surface area contributed by atoms with Crippen LogP contribution in [0.3, 0.4) is 0 Å². The van der Waals surface area contributed by atoms with Crippen molar-refractivity contribution in [2.75, 3.05) is 18.0 Å². The van der Waals surface area contributed by atoms with Crippen LogP contribution >= 0.6 is 0 Å². The highest BCUT2D eigenvalue weighted by atomic mass is 16.3. The number of ketones is 1. The Kier molecular flexibility index (Phi) is 2.76. The first-order chi connectivity index (χ1) is 7.29. The number of carbonyl (C=O) groups is 1. The zero-order chi connectivity index (χ0) is 10.7. The zero-order valence-corrected chi connectivity index (χ0v) is 8.35. The lowest BCUT2D eigenvalue weighted by Crippen LogP contribution is -2.33. The molecule has 0 spiro atoms. The quantitative estimate of drug-likeness (QED) is 0.694. The minimum Gasteiger partial charge on any atom is -0.371 e. The molecule has 0 N–H and O–H groups in total. The Bertz CT molecular complexity index is 363. The molecule has 1 heterocycles. The first-order valence-corrected chi connectivity index (χ1v) is 4.99. The van der Waals surface area contributed by atoms with Gasteiger partial charge in [-0.1, -0.05) is 0 Å². The molecule has 1 aliphatic rings. The van der Waals surface area contributed by atoms with Crippen LogP contribution in [-0.2, 0) is 4.79 Å². The number of benzene rings is 1. The first-order valence-electron chi connectivity index (χ1n) is 4.99. The van der Waals surface area contributed by atoms with Gasteiger partial charge in [-0.3, -0.25) is 4.79 Å². The summed E-state index contributed by atoms with van der Waals surface area (Å²) in [6.07, 6.45) is 1.24. The van der Waals surface area contributed by atoms with Gasteiger partial charge in [0.05, 0.1) is 0 Å². The van der Waals surface area contributed by atoms with Gasteiger partial charge < -0.3 is 4.90 Å². The number of hydrogen-bond donors (Lipinski definition) is 0. The predicted molar refractivity (Wildman–Crippen MR) is 58.4 cm³/mol. The van der Waals surface area contributed by atoms with Crippen molar-refractivity contribution in [1.29, 1.82) is 0 Å². The normalized spacial score (nSPS) is 16.5. The number of piperidine rings is 1. The number of rotatable bonds is 2. The lowest BCUT2D eigenvalue weighted by molar-refractivity contribution is -0.119. The van der Waals surface area contributed by atoms with Crippen LogP contribution in [0.15, 0.2) is 29.4 Å². The first kappa shape index (κ1) is 9.83. The molecule has 1 aliphatic heterocycles. The van der Waals surface area contributed by atoms with Gasteiger partial charge in [0.15, 0.2) is 0 Å². The Balaban J connectivity index is 2.09. The second kappa shape index (κ2) is 4.21. The fraction of sp³-hybridized carbons (Fsp3) is 0.364. The summed E-state index contributed by atoms with van der Waals surface area (Å²) in [6.45, 7) is 1.54. The van der Waals surface area contributed by atoms with Crippen LogP contribution in [0, 0.1) is 4.91 Å². The topological polar surface area (TPSA) is 49.7 Å². The van der Waals surface area contributed by atoms with E-state index in [0.29, 0.717) is 24.3 Å². The number of anilines is 1. The summed E-state index contributed by atoms with van der Waals surface area (Å²) >= 11 is 0. The van der Waals surface area contributed by atoms with Crippen LogP contribution < -0.4 is 4.90 Å². The molecule has 0 aromatic heterocycles. The van der Waals surface area contributed by atoms with Crippen LogP contribution in [0.5, 0.6) is 0 Å². The van der Waals surface area contributed by atoms with E-state index in [1.54, 1.807) is 12.1 Å². The summed E-state index contributed by atoms with van der Waals surface area (Å²) in [5.74, 6) is 0.331. The SMILES string of the molecule is O=Nc1ccc(N2CCC(=O)CC2)cc1. The highest BCUT2D eigenvalue weighted by Crippen LogP contribution is 2.21. The van der Waals surface area contributed by atoms with Gasteiger partial charge in [0, 0.05) is 31.6 Å². The van der Waals surface area contributed by atoms with Gasteiger partial charge >= 0.3 is 0 Å². The lowest BCUT2D eigenvalue weighted by atomic mass is 10.1. The Hall–Kier alpha value is -1.71. The smallest absolute Gasteiger partial charge is 0.136 e. The maximum Gasteiger partial charge on any atom is 0.136 e. The Morgan fingerprint density at radius 3 is 2.20 bits per heavy atom. The molecule has 1 fully saturated rings. The second-order valence-corrected chi connectivity index (χ2v) is 3.63. The van der Waals surface area contributed by atoms with Crippen LogP contribution in [0.4, 0.5) is 11.4 Å². The van der Waals surface area contributed by atoms with Crippen molar-refractivity contribution in [1.82, 2.24) is 0 Å². The van der Waals surface area contributed by atoms with Crippen molar-refractivity contribution in [2.24, 2.45) is 5.18 Å². The second-order valence-electron chi connectivity index (χ2n) is 3.63. The molecule has 0 saturated carbocycles. The van der Waals surface area contributed by atoms with E-state index in [-0.39, 0.29) is 0 Å². The average Bonchev–Trinajstić information content (AvgIpc) is 2.30. The summed E-state index contributed by atoms with van der Waals surface area (Å²) in [5, 5.41) is 2.85. The van der Waals surface area contributed by atoms with Gasteiger partial charge in [-0.2, -0.15) is 0 Å². The van der Waals surface area contributed by atoms with Crippen LogP contribution in [0.1, 0.15) is 12.8 Å². The monoisotopic (exact) mass is 204 g/mol. The maximum absolute atomic E-state index is 11.1. The molecule has 0 radical (unpaired) electrons. The van der Waals surface area contributed by atoms with Gasteiger partial charge in [0.2, 0.25) is 0 Å². The van der Waals surface area contributed by atoms with Crippen molar-refractivity contribution in [3.63, 3.8) is 0 Å². The molecule has 0 atom stereocenters. The molecule has 0 bridgehead atoms. The average molecular weight is 204 g/mol. The largest absolute Gasteiger partial charge is 0.371 e. The Morgan fingerprint density at radius 1 is 1.07 bits per heavy atom. The minimum absolute atomic E-state index is 0.331. The van der Waals surface area contributed by atoms with E-state index in [2.05, 4.69) is 10.1 Å². The molecule has 0 aliphatic carbocycles. The third-order valence-electron chi connectivity index (χ3n) is 2.64. The molecule has 2 rings (SSSR count). The highest BCUT2D eigenvalue weighted by Gasteiger charge is 2.15. The van der Waals surface area contributed by atoms with Gasteiger partial charge in [-0.05, 0) is 29.4 Å². The molecule has 78 valence electrons. The van der Waals surface area contributed by atoms with E-state index in [9.17, 15) is 9.70 Å². The van der Waals surface area contributed by atoms with Crippen LogP contribution in [0.25, 0.3) is 0 Å². The van der Waals surface area contributed by atoms with E-state index in [0.717, 1.165) is 18.8 Å². The number of hydrogen-bond acceptors (Lipinski definition) is 4. The molecule has 1 saturated heterocycles. The van der Waals surface area contributed by atoms with E-state index in [1.165, 1.54) is 0 Å². The zero-order valence-electron chi connectivity index (χ0n) is 8.35. The molecule has 15 heavy (non-hydrogen) atoms. The van der Waals surface area contributed by atoms with Gasteiger partial charge in [0.1, 0.15) is 11.5 Å². The Morgan fingerprint density at radius 2 is 1.67 bits per heavy atom. The van der Waals surface area contributed by atoms with Crippen LogP contribution in [0.2, 0.25) is 0 Å². The van der Waals surface area contributed by atoms with Crippen molar-refractivity contribution in [2.45, 2.75) is 12.8 Å². The van der Waals surface area contributed by atoms with E-state index in [4.69, 9.17) is 0 Å². The number of nitrogens with zero attached hydrogens (tertiary/aromatic N) is 2. The molecular formula is C11H12N2O2. The number of Topliss-reactive ketones (excluding diaryl/α,β-unsaturated/α-hetero) is 1. The standard InChI is InChI=1S/C11H12N2O2/c14-11-5-7-13(8-6-11)10-3-1-9(12-15)2-4-10/h1-4H,5-8H2. The summed E-state index contributed by atoms with van der Waals surface area (Å²) in [7, 11) is 0. The summed E-state index contributed by atoms with van der Waals surface area (Å²) < 4.78 is 0. The molecular weight excluding hydrogens is 192 g/mol. The number of nitroso groups, excluding NO2 is 1. The molecule has 1 aromatic rings. The lowest BCUT2D eigenvalue weighted by Gasteiger charge is -2.28. The number of carbonyl (C=O) groups excluding carboxylic acids is 1. The molecule has 1 aromatic carbocycles. The maximum atomic E-state index is 11.1. The summed E-state index contributed by atoms with van der Waals surface area (Å²) in [5.41, 5.74) is 1.49. The van der Waals surface area contributed by atoms with E-state index in [1.807, 2.05) is 12.1 Å². The van der Waals surface area contributed by atoms with Crippen LogP contribution in [-0.4, -0.2) is 18.9 Å². The highest BCUT2D eigenvalue weighted by molar-refractivity contribution is 5.81. The molecule has 4 nitrogen and oxygen atoms in total. The minimum atomic E-state index is 0.331. The van der Waals surface area contributed by atoms with Crippen molar-refractivity contribution < 1.29 is 4.79 Å². The van der Waals surface area contributed by atoms with Crippen molar-refractivity contribution >= 4 is 17.2 Å². The Labute approximate surface area is 87.9 Å². The third-order valence-corrected chi connectivity index (χ3v) is 2.64. The molecule has 0 amide bonds. The van der Waals surface area contributed by atoms with Gasteiger partial charge in [0.25, 0.3) is 0 Å². The fourth-order valence-corrected chi connectivity index (χ4v) is 1.74. The fourth-order valence-electron chi connectivity index (χ4n) is 1.74. The predicted octanol–water partition coefficient (Wildman–Crippen LogP) is 2.25. The summed E-state index contributed by atoms with van der Waals surface area (Å²) in [4.78, 5) is 23.4. The van der Waals surface area contributed by atoms with Gasteiger partial charge in [-0.15, -0.1) is 4.91 Å². The molecule has 4 heteroatoms. The van der Waals surface area contributed by atoms with E-state index < -0.39 is 0 Å². The van der Waals surface area contributed by atoms with Crippen molar-refractivity contribution in [3.05, 3.63) is 29.2 Å². The molecule has 0 unspecified atom stereocenters.